The molecule has 6 heteroatoms. The molecule has 6 nitrogen and oxygen atoms in total. The van der Waals surface area contributed by atoms with Crippen molar-refractivity contribution in [2.24, 2.45) is 23.2 Å². The molecule has 0 N–H and O–H groups in total. The molecule has 0 atom stereocenters. The normalized spacial score (nSPS) is 29.5. The minimum absolute atomic E-state index is 0.0431. The van der Waals surface area contributed by atoms with Crippen molar-refractivity contribution in [2.75, 3.05) is 38.2 Å². The minimum atomic E-state index is -0.0431. The average Bonchev–Trinajstić information content (AvgIpc) is 2.85. The summed E-state index contributed by atoms with van der Waals surface area (Å²) in [6, 6.07) is 8.25. The second kappa shape index (κ2) is 8.79. The Morgan fingerprint density at radius 1 is 0.943 bits per heavy atom. The molecule has 2 heterocycles. The first-order valence-corrected chi connectivity index (χ1v) is 13.4. The fourth-order valence-electron chi connectivity index (χ4n) is 7.96. The molecule has 1 saturated heterocycles. The molecule has 0 radical (unpaired) electrons. The van der Waals surface area contributed by atoms with Crippen molar-refractivity contribution >= 4 is 11.7 Å². The van der Waals surface area contributed by atoms with Crippen LogP contribution >= 0.6 is 0 Å². The van der Waals surface area contributed by atoms with Crippen LogP contribution in [0.2, 0.25) is 0 Å². The first-order chi connectivity index (χ1) is 16.9. The number of hydrogen-bond acceptors (Lipinski definition) is 5. The van der Waals surface area contributed by atoms with Crippen molar-refractivity contribution in [3.8, 4) is 5.75 Å². The molecule has 5 aliphatic rings. The molecule has 186 valence electrons. The van der Waals surface area contributed by atoms with Crippen molar-refractivity contribution in [2.45, 2.75) is 58.8 Å². The lowest BCUT2D eigenvalue weighted by atomic mass is 9.49. The topological polar surface area (TPSA) is 58.6 Å². The Balaban J connectivity index is 1.18. The van der Waals surface area contributed by atoms with Gasteiger partial charge in [-0.25, -0.2) is 9.97 Å². The number of aromatic nitrogens is 2. The first-order valence-electron chi connectivity index (χ1n) is 13.4. The molecule has 7 rings (SSSR count). The number of nitrogens with zero attached hydrogens (tertiary/aromatic N) is 4. The Morgan fingerprint density at radius 3 is 2.11 bits per heavy atom. The SMILES string of the molecule is COc1ccc(Cc2c(C)nc(C)nc2N2CCN(C(=O)C34CC5CC(CC(C5)C3)C4)CC2)cc1. The monoisotopic (exact) mass is 474 g/mol. The number of hydrogen-bond donors (Lipinski definition) is 0. The summed E-state index contributed by atoms with van der Waals surface area (Å²) in [6.45, 7) is 7.33. The number of carbonyl (C=O) groups is 1. The summed E-state index contributed by atoms with van der Waals surface area (Å²) in [5, 5.41) is 0. The van der Waals surface area contributed by atoms with Crippen LogP contribution in [0.15, 0.2) is 24.3 Å². The van der Waals surface area contributed by atoms with Crippen molar-refractivity contribution in [3.63, 3.8) is 0 Å². The zero-order chi connectivity index (χ0) is 24.2. The number of anilines is 1. The number of rotatable bonds is 5. The highest BCUT2D eigenvalue weighted by Gasteiger charge is 2.55. The van der Waals surface area contributed by atoms with Gasteiger partial charge in [-0.15, -0.1) is 0 Å². The summed E-state index contributed by atoms with van der Waals surface area (Å²) in [5.41, 5.74) is 3.40. The van der Waals surface area contributed by atoms with Gasteiger partial charge in [0.25, 0.3) is 0 Å². The van der Waals surface area contributed by atoms with Gasteiger partial charge in [0.15, 0.2) is 0 Å². The summed E-state index contributed by atoms with van der Waals surface area (Å²) in [4.78, 5) is 28.0. The van der Waals surface area contributed by atoms with Gasteiger partial charge in [0, 0.05) is 43.9 Å². The number of aryl methyl sites for hydroxylation is 2. The second-order valence-corrected chi connectivity index (χ2v) is 11.7. The maximum Gasteiger partial charge on any atom is 0.228 e. The second-order valence-electron chi connectivity index (χ2n) is 11.7. The Kier molecular flexibility index (Phi) is 5.73. The molecule has 1 aliphatic heterocycles. The highest BCUT2D eigenvalue weighted by molar-refractivity contribution is 5.83. The van der Waals surface area contributed by atoms with Crippen molar-refractivity contribution in [3.05, 3.63) is 46.9 Å². The van der Waals surface area contributed by atoms with Crippen LogP contribution in [0.3, 0.4) is 0 Å². The van der Waals surface area contributed by atoms with Gasteiger partial charge in [-0.05, 0) is 87.8 Å². The summed E-state index contributed by atoms with van der Waals surface area (Å²) in [7, 11) is 1.69. The lowest BCUT2D eigenvalue weighted by Gasteiger charge is -2.57. The smallest absolute Gasteiger partial charge is 0.228 e. The zero-order valence-electron chi connectivity index (χ0n) is 21.4. The predicted octanol–water partition coefficient (Wildman–Crippen LogP) is 4.56. The van der Waals surface area contributed by atoms with Gasteiger partial charge >= 0.3 is 0 Å². The van der Waals surface area contributed by atoms with Crippen molar-refractivity contribution in [1.29, 1.82) is 0 Å². The van der Waals surface area contributed by atoms with Crippen molar-refractivity contribution < 1.29 is 9.53 Å². The van der Waals surface area contributed by atoms with E-state index in [2.05, 4.69) is 33.8 Å². The standard InChI is InChI=1S/C29H38N4O2/c1-19-26(15-21-4-6-25(35-3)7-5-21)27(31-20(2)30-19)32-8-10-33(11-9-32)28(34)29-16-22-12-23(17-29)14-24(13-22)18-29/h4-7,22-24H,8-18H2,1-3H3. The number of carbonyl (C=O) groups excluding carboxylic acids is 1. The summed E-state index contributed by atoms with van der Waals surface area (Å²) in [5.74, 6) is 5.59. The van der Waals surface area contributed by atoms with Gasteiger partial charge in [0.2, 0.25) is 5.91 Å². The molecule has 1 aromatic heterocycles. The molecule has 35 heavy (non-hydrogen) atoms. The van der Waals surface area contributed by atoms with Crippen LogP contribution in [0.4, 0.5) is 5.82 Å². The molecular weight excluding hydrogens is 436 g/mol. The van der Waals surface area contributed by atoms with E-state index in [1.165, 1.54) is 30.4 Å². The van der Waals surface area contributed by atoms with Crippen LogP contribution in [0.25, 0.3) is 0 Å². The number of methoxy groups -OCH3 is 1. The van der Waals surface area contributed by atoms with Gasteiger partial charge in [0.1, 0.15) is 17.4 Å². The largest absolute Gasteiger partial charge is 0.497 e. The van der Waals surface area contributed by atoms with E-state index in [0.717, 1.165) is 92.7 Å². The Labute approximate surface area is 209 Å². The molecular formula is C29H38N4O2. The van der Waals surface area contributed by atoms with E-state index in [0.29, 0.717) is 5.91 Å². The first kappa shape index (κ1) is 22.8. The van der Waals surface area contributed by atoms with Crippen LogP contribution in [-0.4, -0.2) is 54.1 Å². The Hall–Kier alpha value is -2.63. The van der Waals surface area contributed by atoms with Gasteiger partial charge in [-0.3, -0.25) is 4.79 Å². The molecule has 1 aromatic carbocycles. The maximum atomic E-state index is 13.8. The number of benzene rings is 1. The van der Waals surface area contributed by atoms with E-state index in [1.807, 2.05) is 19.1 Å². The van der Waals surface area contributed by atoms with E-state index >= 15 is 0 Å². The Morgan fingerprint density at radius 2 is 1.54 bits per heavy atom. The van der Waals surface area contributed by atoms with Crippen molar-refractivity contribution in [1.82, 2.24) is 14.9 Å². The molecule has 2 aromatic rings. The van der Waals surface area contributed by atoms with Gasteiger partial charge in [-0.1, -0.05) is 12.1 Å². The number of ether oxygens (including phenoxy) is 1. The third kappa shape index (κ3) is 4.19. The molecule has 0 unspecified atom stereocenters. The van der Waals surface area contributed by atoms with E-state index in [9.17, 15) is 4.79 Å². The van der Waals surface area contributed by atoms with Crippen LogP contribution in [-0.2, 0) is 11.2 Å². The molecule has 4 bridgehead atoms. The third-order valence-corrected chi connectivity index (χ3v) is 9.20. The van der Waals surface area contributed by atoms with E-state index in [1.54, 1.807) is 7.11 Å². The van der Waals surface area contributed by atoms with Gasteiger partial charge in [-0.2, -0.15) is 0 Å². The lowest BCUT2D eigenvalue weighted by Crippen LogP contribution is -2.58. The molecule has 4 aliphatic carbocycles. The Bertz CT molecular complexity index is 1070. The molecule has 1 amide bonds. The molecule has 4 saturated carbocycles. The van der Waals surface area contributed by atoms with E-state index < -0.39 is 0 Å². The average molecular weight is 475 g/mol. The highest BCUT2D eigenvalue weighted by Crippen LogP contribution is 2.60. The number of piperazine rings is 1. The van der Waals surface area contributed by atoms with Crippen LogP contribution in [0.5, 0.6) is 5.75 Å². The van der Waals surface area contributed by atoms with E-state index in [4.69, 9.17) is 9.72 Å². The summed E-state index contributed by atoms with van der Waals surface area (Å²) in [6.07, 6.45) is 8.37. The molecule has 0 spiro atoms. The quantitative estimate of drug-likeness (QED) is 0.636. The van der Waals surface area contributed by atoms with Gasteiger partial charge in [0.05, 0.1) is 12.5 Å². The number of amides is 1. The van der Waals surface area contributed by atoms with E-state index in [-0.39, 0.29) is 5.41 Å². The maximum absolute atomic E-state index is 13.8. The highest BCUT2D eigenvalue weighted by atomic mass is 16.5. The van der Waals surface area contributed by atoms with Gasteiger partial charge < -0.3 is 14.5 Å². The lowest BCUT2D eigenvalue weighted by molar-refractivity contribution is -0.158. The zero-order valence-corrected chi connectivity index (χ0v) is 21.4. The summed E-state index contributed by atoms with van der Waals surface area (Å²) >= 11 is 0. The predicted molar refractivity (Wildman–Crippen MR) is 137 cm³/mol. The molecule has 5 fully saturated rings. The van der Waals surface area contributed by atoms with Crippen LogP contribution in [0.1, 0.15) is 61.2 Å². The van der Waals surface area contributed by atoms with Crippen LogP contribution in [0, 0.1) is 37.0 Å². The third-order valence-electron chi connectivity index (χ3n) is 9.20. The fraction of sp³-hybridized carbons (Fsp3) is 0.621. The minimum Gasteiger partial charge on any atom is -0.497 e. The van der Waals surface area contributed by atoms with Crippen LogP contribution < -0.4 is 9.64 Å². The summed E-state index contributed by atoms with van der Waals surface area (Å²) < 4.78 is 5.32. The fourth-order valence-corrected chi connectivity index (χ4v) is 7.96.